The average Bonchev–Trinajstić information content (AvgIpc) is 3.07. The van der Waals surface area contributed by atoms with Crippen LogP contribution in [-0.4, -0.2) is 19.1 Å². The van der Waals surface area contributed by atoms with Crippen molar-refractivity contribution in [3.8, 4) is 10.4 Å². The quantitative estimate of drug-likeness (QED) is 0.627. The van der Waals surface area contributed by atoms with Gasteiger partial charge in [0.15, 0.2) is 0 Å². The summed E-state index contributed by atoms with van der Waals surface area (Å²) in [5.41, 5.74) is 3.17. The van der Waals surface area contributed by atoms with Crippen LogP contribution in [0.15, 0.2) is 60.7 Å². The minimum Gasteiger partial charge on any atom is -0.465 e. The molecule has 0 unspecified atom stereocenters. The number of rotatable bonds is 4. The minimum atomic E-state index is -0.484. The van der Waals surface area contributed by atoms with E-state index in [1.807, 2.05) is 61.5 Å². The number of hydrogen-bond donors (Lipinski definition) is 2. The van der Waals surface area contributed by atoms with Crippen LogP contribution < -0.4 is 10.6 Å². The SMILES string of the molecule is COC(=O)c1sc(-c2ccccc2)cc1NC(=O)Nc1ccc(C)cc1. The van der Waals surface area contributed by atoms with Crippen LogP contribution in [-0.2, 0) is 4.74 Å². The van der Waals surface area contributed by atoms with Gasteiger partial charge in [0.05, 0.1) is 12.8 Å². The summed E-state index contributed by atoms with van der Waals surface area (Å²) in [5.74, 6) is -0.484. The van der Waals surface area contributed by atoms with Gasteiger partial charge in [-0.2, -0.15) is 0 Å². The smallest absolute Gasteiger partial charge is 0.350 e. The number of hydrogen-bond acceptors (Lipinski definition) is 4. The molecule has 0 aliphatic carbocycles. The second-order valence-electron chi connectivity index (χ2n) is 5.66. The van der Waals surface area contributed by atoms with E-state index in [2.05, 4.69) is 10.6 Å². The first-order valence-corrected chi connectivity index (χ1v) is 8.80. The Bertz CT molecular complexity index is 918. The highest BCUT2D eigenvalue weighted by Crippen LogP contribution is 2.35. The third-order valence-corrected chi connectivity index (χ3v) is 4.88. The molecule has 0 aliphatic heterocycles. The maximum Gasteiger partial charge on any atom is 0.350 e. The molecule has 2 amide bonds. The molecule has 1 aromatic heterocycles. The monoisotopic (exact) mass is 366 g/mol. The maximum atomic E-state index is 12.3. The van der Waals surface area contributed by atoms with Crippen LogP contribution in [0.3, 0.4) is 0 Å². The van der Waals surface area contributed by atoms with Crippen molar-refractivity contribution in [3.05, 3.63) is 71.1 Å². The first-order chi connectivity index (χ1) is 12.6. The first kappa shape index (κ1) is 17.7. The van der Waals surface area contributed by atoms with E-state index in [4.69, 9.17) is 4.74 Å². The van der Waals surface area contributed by atoms with E-state index in [1.54, 1.807) is 6.07 Å². The Morgan fingerprint density at radius 3 is 2.31 bits per heavy atom. The second-order valence-corrected chi connectivity index (χ2v) is 6.71. The molecular weight excluding hydrogens is 348 g/mol. The third kappa shape index (κ3) is 4.10. The number of carbonyl (C=O) groups excluding carboxylic acids is 2. The summed E-state index contributed by atoms with van der Waals surface area (Å²) in [6.07, 6.45) is 0. The Hall–Kier alpha value is -3.12. The average molecular weight is 366 g/mol. The third-order valence-electron chi connectivity index (χ3n) is 3.72. The van der Waals surface area contributed by atoms with Crippen LogP contribution >= 0.6 is 11.3 Å². The van der Waals surface area contributed by atoms with Gasteiger partial charge in [-0.3, -0.25) is 0 Å². The topological polar surface area (TPSA) is 67.4 Å². The molecule has 1 heterocycles. The zero-order valence-electron chi connectivity index (χ0n) is 14.4. The summed E-state index contributed by atoms with van der Waals surface area (Å²) in [6.45, 7) is 1.98. The number of nitrogens with one attached hydrogen (secondary N) is 2. The molecule has 5 nitrogen and oxygen atoms in total. The van der Waals surface area contributed by atoms with Crippen molar-refractivity contribution >= 4 is 34.7 Å². The normalized spacial score (nSPS) is 10.2. The van der Waals surface area contributed by atoms with Gasteiger partial charge in [0.2, 0.25) is 0 Å². The van der Waals surface area contributed by atoms with Crippen molar-refractivity contribution in [2.24, 2.45) is 0 Å². The van der Waals surface area contributed by atoms with Crippen LogP contribution in [0.25, 0.3) is 10.4 Å². The van der Waals surface area contributed by atoms with Crippen LogP contribution in [0.1, 0.15) is 15.2 Å². The second kappa shape index (κ2) is 7.84. The van der Waals surface area contributed by atoms with Crippen molar-refractivity contribution in [3.63, 3.8) is 0 Å². The Balaban J connectivity index is 1.83. The van der Waals surface area contributed by atoms with E-state index in [1.165, 1.54) is 18.4 Å². The lowest BCUT2D eigenvalue weighted by molar-refractivity contribution is 0.0607. The number of thiophene rings is 1. The van der Waals surface area contributed by atoms with Gasteiger partial charge in [-0.15, -0.1) is 11.3 Å². The molecule has 0 bridgehead atoms. The summed E-state index contributed by atoms with van der Waals surface area (Å²) < 4.78 is 4.84. The Morgan fingerprint density at radius 1 is 0.962 bits per heavy atom. The van der Waals surface area contributed by atoms with E-state index in [0.29, 0.717) is 16.3 Å². The molecule has 132 valence electrons. The van der Waals surface area contributed by atoms with Gasteiger partial charge in [0.1, 0.15) is 4.88 Å². The van der Waals surface area contributed by atoms with E-state index in [0.717, 1.165) is 16.0 Å². The number of ether oxygens (including phenoxy) is 1. The van der Waals surface area contributed by atoms with Crippen LogP contribution in [0.4, 0.5) is 16.2 Å². The molecule has 2 N–H and O–H groups in total. The van der Waals surface area contributed by atoms with Crippen molar-refractivity contribution in [2.75, 3.05) is 17.7 Å². The number of aryl methyl sites for hydroxylation is 1. The zero-order chi connectivity index (χ0) is 18.5. The Labute approximate surface area is 155 Å². The highest BCUT2D eigenvalue weighted by molar-refractivity contribution is 7.18. The number of carbonyl (C=O) groups is 2. The van der Waals surface area contributed by atoms with Gasteiger partial charge in [0.25, 0.3) is 0 Å². The van der Waals surface area contributed by atoms with Gasteiger partial charge >= 0.3 is 12.0 Å². The number of methoxy groups -OCH3 is 1. The van der Waals surface area contributed by atoms with E-state index < -0.39 is 12.0 Å². The largest absolute Gasteiger partial charge is 0.465 e. The van der Waals surface area contributed by atoms with Crippen molar-refractivity contribution in [2.45, 2.75) is 6.92 Å². The first-order valence-electron chi connectivity index (χ1n) is 7.99. The van der Waals surface area contributed by atoms with Gasteiger partial charge in [-0.25, -0.2) is 9.59 Å². The van der Waals surface area contributed by atoms with Crippen LogP contribution in [0.2, 0.25) is 0 Å². The van der Waals surface area contributed by atoms with Crippen molar-refractivity contribution in [1.29, 1.82) is 0 Å². The standard InChI is InChI=1S/C20H18N2O3S/c1-13-8-10-15(11-9-13)21-20(24)22-16-12-17(14-6-4-3-5-7-14)26-18(16)19(23)25-2/h3-12H,1-2H3,(H2,21,22,24). The highest BCUT2D eigenvalue weighted by Gasteiger charge is 2.19. The molecule has 0 atom stereocenters. The maximum absolute atomic E-state index is 12.3. The van der Waals surface area contributed by atoms with Gasteiger partial charge < -0.3 is 15.4 Å². The number of amides is 2. The molecule has 6 heteroatoms. The molecule has 26 heavy (non-hydrogen) atoms. The lowest BCUT2D eigenvalue weighted by Gasteiger charge is -2.08. The fourth-order valence-corrected chi connectivity index (χ4v) is 3.43. The molecule has 0 radical (unpaired) electrons. The van der Waals surface area contributed by atoms with E-state index in [-0.39, 0.29) is 0 Å². The number of benzene rings is 2. The summed E-state index contributed by atoms with van der Waals surface area (Å²) >= 11 is 1.28. The molecule has 3 aromatic rings. The molecule has 0 saturated carbocycles. The predicted octanol–water partition coefficient (Wildman–Crippen LogP) is 5.15. The fraction of sp³-hybridized carbons (Fsp3) is 0.100. The summed E-state index contributed by atoms with van der Waals surface area (Å²) in [6, 6.07) is 18.5. The molecule has 0 fully saturated rings. The Kier molecular flexibility index (Phi) is 5.34. The predicted molar refractivity (Wildman–Crippen MR) is 105 cm³/mol. The van der Waals surface area contributed by atoms with E-state index in [9.17, 15) is 9.59 Å². The fourth-order valence-electron chi connectivity index (χ4n) is 2.39. The summed E-state index contributed by atoms with van der Waals surface area (Å²) in [7, 11) is 1.32. The van der Waals surface area contributed by atoms with Crippen molar-refractivity contribution < 1.29 is 14.3 Å². The highest BCUT2D eigenvalue weighted by atomic mass is 32.1. The molecule has 0 spiro atoms. The number of urea groups is 1. The Morgan fingerprint density at radius 2 is 1.65 bits per heavy atom. The van der Waals surface area contributed by atoms with Gasteiger partial charge in [-0.05, 0) is 30.7 Å². The van der Waals surface area contributed by atoms with Gasteiger partial charge in [-0.1, -0.05) is 48.0 Å². The summed E-state index contributed by atoms with van der Waals surface area (Å²) in [5, 5.41) is 5.49. The number of anilines is 2. The zero-order valence-corrected chi connectivity index (χ0v) is 15.2. The molecule has 0 saturated heterocycles. The van der Waals surface area contributed by atoms with Crippen molar-refractivity contribution in [1.82, 2.24) is 0 Å². The van der Waals surface area contributed by atoms with Gasteiger partial charge in [0, 0.05) is 10.6 Å². The van der Waals surface area contributed by atoms with E-state index >= 15 is 0 Å². The van der Waals surface area contributed by atoms with Crippen LogP contribution in [0, 0.1) is 6.92 Å². The lowest BCUT2D eigenvalue weighted by Crippen LogP contribution is -2.20. The lowest BCUT2D eigenvalue weighted by atomic mass is 10.2. The minimum absolute atomic E-state index is 0.352. The molecule has 3 rings (SSSR count). The van der Waals surface area contributed by atoms with Crippen LogP contribution in [0.5, 0.6) is 0 Å². The molecule has 0 aliphatic rings. The molecular formula is C20H18N2O3S. The number of esters is 1. The molecule has 2 aromatic carbocycles. The summed E-state index contributed by atoms with van der Waals surface area (Å²) in [4.78, 5) is 25.6.